The molecule has 0 spiro atoms. The van der Waals surface area contributed by atoms with Crippen molar-refractivity contribution in [1.82, 2.24) is 5.32 Å². The van der Waals surface area contributed by atoms with Crippen LogP contribution in [-0.4, -0.2) is 23.2 Å². The second kappa shape index (κ2) is 6.01. The van der Waals surface area contributed by atoms with Crippen LogP contribution in [0.3, 0.4) is 0 Å². The minimum absolute atomic E-state index is 0.510. The molecule has 1 saturated carbocycles. The zero-order valence-electron chi connectivity index (χ0n) is 11.1. The van der Waals surface area contributed by atoms with Crippen molar-refractivity contribution in [1.29, 1.82) is 0 Å². The van der Waals surface area contributed by atoms with Crippen LogP contribution < -0.4 is 5.32 Å². The lowest BCUT2D eigenvalue weighted by Crippen LogP contribution is -2.45. The van der Waals surface area contributed by atoms with Crippen molar-refractivity contribution in [3.63, 3.8) is 0 Å². The summed E-state index contributed by atoms with van der Waals surface area (Å²) in [6.45, 7) is 0. The van der Waals surface area contributed by atoms with E-state index in [-0.39, 0.29) is 0 Å². The summed E-state index contributed by atoms with van der Waals surface area (Å²) in [4.78, 5) is 11.9. The lowest BCUT2D eigenvalue weighted by Gasteiger charge is -2.28. The average molecular weight is 305 g/mol. The predicted octanol–water partition coefficient (Wildman–Crippen LogP) is 2.88. The number of rotatable bonds is 2. The number of nitrogens with one attached hydrogen (secondary N) is 1. The maximum Gasteiger partial charge on any atom is 0.419 e. The third-order valence-corrected chi connectivity index (χ3v) is 3.59. The van der Waals surface area contributed by atoms with Gasteiger partial charge in [-0.3, -0.25) is 4.79 Å². The molecular weight excluding hydrogens is 290 g/mol. The molecule has 1 amide bonds. The lowest BCUT2D eigenvalue weighted by molar-refractivity contribution is -0.140. The van der Waals surface area contributed by atoms with E-state index in [0.29, 0.717) is 18.9 Å². The molecule has 0 heterocycles. The number of carbonyl (C=O) groups excluding carboxylic acids is 1. The van der Waals surface area contributed by atoms with Gasteiger partial charge in [-0.05, 0) is 25.0 Å². The van der Waals surface area contributed by atoms with Crippen LogP contribution in [0.25, 0.3) is 0 Å². The van der Waals surface area contributed by atoms with Crippen molar-refractivity contribution in [3.8, 4) is 0 Å². The predicted molar refractivity (Wildman–Crippen MR) is 67.1 cm³/mol. The topological polar surface area (TPSA) is 49.3 Å². The molecule has 2 atom stereocenters. The molecule has 0 aliphatic heterocycles. The van der Waals surface area contributed by atoms with Crippen molar-refractivity contribution in [2.75, 3.05) is 0 Å². The Morgan fingerprint density at radius 3 is 2.52 bits per heavy atom. The number of hydrogen-bond donors (Lipinski definition) is 2. The van der Waals surface area contributed by atoms with E-state index in [0.717, 1.165) is 25.0 Å². The summed E-state index contributed by atoms with van der Waals surface area (Å²) in [6.07, 6.45) is -2.95. The first-order chi connectivity index (χ1) is 9.80. The molecule has 7 heteroatoms. The summed E-state index contributed by atoms with van der Waals surface area (Å²) in [5.74, 6) is -2.53. The summed E-state index contributed by atoms with van der Waals surface area (Å²) in [5, 5.41) is 12.1. The molecule has 3 nitrogen and oxygen atoms in total. The smallest absolute Gasteiger partial charge is 0.391 e. The Balaban J connectivity index is 2.20. The molecular formula is C14H15F4NO2. The quantitative estimate of drug-likeness (QED) is 0.826. The normalized spacial score (nSPS) is 22.9. The highest BCUT2D eigenvalue weighted by Crippen LogP contribution is 2.32. The summed E-state index contributed by atoms with van der Waals surface area (Å²) < 4.78 is 51.6. The maximum absolute atomic E-state index is 13.8. The standard InChI is InChI=1S/C14H15F4NO2/c15-12-8(4-3-5-9(12)14(16,17)18)13(21)19-10-6-1-2-7-11(10)20/h3-5,10-11,20H,1-2,6-7H2,(H,19,21)/t10-,11-/m0/s1. The van der Waals surface area contributed by atoms with Crippen LogP contribution in [0.1, 0.15) is 41.6 Å². The van der Waals surface area contributed by atoms with Gasteiger partial charge in [0.2, 0.25) is 0 Å². The Morgan fingerprint density at radius 2 is 1.90 bits per heavy atom. The number of alkyl halides is 3. The Kier molecular flexibility index (Phi) is 4.51. The summed E-state index contributed by atoms with van der Waals surface area (Å²) in [7, 11) is 0. The first-order valence-electron chi connectivity index (χ1n) is 6.65. The molecule has 1 fully saturated rings. The third-order valence-electron chi connectivity index (χ3n) is 3.59. The Morgan fingerprint density at radius 1 is 1.24 bits per heavy atom. The number of amides is 1. The SMILES string of the molecule is O=C(N[C@H]1CCCC[C@@H]1O)c1cccc(C(F)(F)F)c1F. The van der Waals surface area contributed by atoms with Gasteiger partial charge < -0.3 is 10.4 Å². The average Bonchev–Trinajstić information content (AvgIpc) is 2.40. The van der Waals surface area contributed by atoms with E-state index in [2.05, 4.69) is 5.32 Å². The van der Waals surface area contributed by atoms with E-state index in [1.807, 2.05) is 0 Å². The third kappa shape index (κ3) is 3.53. The molecule has 0 saturated heterocycles. The fourth-order valence-corrected chi connectivity index (χ4v) is 2.45. The van der Waals surface area contributed by atoms with Crippen molar-refractivity contribution in [2.24, 2.45) is 0 Å². The molecule has 116 valence electrons. The molecule has 0 aromatic heterocycles. The molecule has 1 aromatic rings. The van der Waals surface area contributed by atoms with Gasteiger partial charge in [0.15, 0.2) is 0 Å². The molecule has 0 bridgehead atoms. The van der Waals surface area contributed by atoms with E-state index in [1.165, 1.54) is 0 Å². The van der Waals surface area contributed by atoms with Gasteiger partial charge in [0.1, 0.15) is 5.82 Å². The van der Waals surface area contributed by atoms with Crippen LogP contribution in [0.15, 0.2) is 18.2 Å². The molecule has 1 aromatic carbocycles. The molecule has 1 aliphatic carbocycles. The Hall–Kier alpha value is -1.63. The summed E-state index contributed by atoms with van der Waals surface area (Å²) >= 11 is 0. The molecule has 2 rings (SSSR count). The highest BCUT2D eigenvalue weighted by molar-refractivity contribution is 5.95. The second-order valence-corrected chi connectivity index (χ2v) is 5.10. The Labute approximate surface area is 119 Å². The van der Waals surface area contributed by atoms with Gasteiger partial charge in [-0.1, -0.05) is 18.9 Å². The van der Waals surface area contributed by atoms with Gasteiger partial charge >= 0.3 is 6.18 Å². The highest BCUT2D eigenvalue weighted by atomic mass is 19.4. The molecule has 0 unspecified atom stereocenters. The van der Waals surface area contributed by atoms with Crippen molar-refractivity contribution < 1.29 is 27.5 Å². The summed E-state index contributed by atoms with van der Waals surface area (Å²) in [5.41, 5.74) is -2.14. The monoisotopic (exact) mass is 305 g/mol. The van der Waals surface area contributed by atoms with Gasteiger partial charge in [-0.2, -0.15) is 13.2 Å². The van der Waals surface area contributed by atoms with E-state index in [4.69, 9.17) is 0 Å². The van der Waals surface area contributed by atoms with Crippen molar-refractivity contribution >= 4 is 5.91 Å². The van der Waals surface area contributed by atoms with Crippen molar-refractivity contribution in [2.45, 2.75) is 44.0 Å². The van der Waals surface area contributed by atoms with Crippen LogP contribution >= 0.6 is 0 Å². The highest BCUT2D eigenvalue weighted by Gasteiger charge is 2.36. The number of carbonyl (C=O) groups is 1. The van der Waals surface area contributed by atoms with Crippen LogP contribution in [0.2, 0.25) is 0 Å². The lowest BCUT2D eigenvalue weighted by atomic mass is 9.92. The molecule has 1 aliphatic rings. The van der Waals surface area contributed by atoms with E-state index < -0.39 is 41.2 Å². The molecule has 0 radical (unpaired) electrons. The van der Waals surface area contributed by atoms with Crippen LogP contribution in [0, 0.1) is 5.82 Å². The number of halogens is 4. The fourth-order valence-electron chi connectivity index (χ4n) is 2.45. The Bertz CT molecular complexity index is 530. The molecule has 21 heavy (non-hydrogen) atoms. The second-order valence-electron chi connectivity index (χ2n) is 5.10. The van der Waals surface area contributed by atoms with Gasteiger partial charge in [-0.15, -0.1) is 0 Å². The number of benzene rings is 1. The van der Waals surface area contributed by atoms with Gasteiger partial charge in [-0.25, -0.2) is 4.39 Å². The van der Waals surface area contributed by atoms with E-state index in [1.54, 1.807) is 0 Å². The van der Waals surface area contributed by atoms with Gasteiger partial charge in [0.05, 0.1) is 23.3 Å². The zero-order valence-corrected chi connectivity index (χ0v) is 11.1. The minimum atomic E-state index is -4.86. The largest absolute Gasteiger partial charge is 0.419 e. The number of hydrogen-bond acceptors (Lipinski definition) is 2. The first kappa shape index (κ1) is 15.8. The van der Waals surface area contributed by atoms with Crippen molar-refractivity contribution in [3.05, 3.63) is 35.1 Å². The van der Waals surface area contributed by atoms with Crippen LogP contribution in [0.4, 0.5) is 17.6 Å². The number of aliphatic hydroxyl groups is 1. The van der Waals surface area contributed by atoms with Gasteiger partial charge in [0, 0.05) is 0 Å². The van der Waals surface area contributed by atoms with Gasteiger partial charge in [0.25, 0.3) is 5.91 Å². The first-order valence-corrected chi connectivity index (χ1v) is 6.65. The minimum Gasteiger partial charge on any atom is -0.391 e. The van der Waals surface area contributed by atoms with E-state index in [9.17, 15) is 27.5 Å². The maximum atomic E-state index is 13.8. The summed E-state index contributed by atoms with van der Waals surface area (Å²) in [6, 6.07) is 2.01. The van der Waals surface area contributed by atoms with Crippen LogP contribution in [0.5, 0.6) is 0 Å². The van der Waals surface area contributed by atoms with Crippen LogP contribution in [-0.2, 0) is 6.18 Å². The zero-order chi connectivity index (χ0) is 15.6. The fraction of sp³-hybridized carbons (Fsp3) is 0.500. The van der Waals surface area contributed by atoms with E-state index >= 15 is 0 Å². The number of aliphatic hydroxyl groups excluding tert-OH is 1. The molecule has 2 N–H and O–H groups in total.